The van der Waals surface area contributed by atoms with E-state index in [0.717, 1.165) is 24.5 Å². The van der Waals surface area contributed by atoms with Crippen molar-refractivity contribution in [1.82, 2.24) is 15.1 Å². The Balaban J connectivity index is 1.46. The molecule has 3 atom stereocenters. The lowest BCUT2D eigenvalue weighted by molar-refractivity contribution is 0.0731. The SMILES string of the molecule is CC12CCC(C1)C(C)(C)C2NC(=O)c1nn(C2CCC2)c2c1CCCCCC2. The van der Waals surface area contributed by atoms with Gasteiger partial charge in [-0.2, -0.15) is 5.10 Å². The first kappa shape index (κ1) is 18.7. The van der Waals surface area contributed by atoms with E-state index < -0.39 is 0 Å². The van der Waals surface area contributed by atoms with Crippen LogP contribution in [-0.4, -0.2) is 21.7 Å². The van der Waals surface area contributed by atoms with E-state index in [0.29, 0.717) is 6.04 Å². The number of carbonyl (C=O) groups is 1. The van der Waals surface area contributed by atoms with Gasteiger partial charge in [0.2, 0.25) is 0 Å². The minimum atomic E-state index is 0.0988. The molecular formula is C24H37N3O. The second-order valence-corrected chi connectivity index (χ2v) is 11.0. The Kier molecular flexibility index (Phi) is 4.41. The van der Waals surface area contributed by atoms with Crippen LogP contribution < -0.4 is 5.32 Å². The zero-order chi connectivity index (χ0) is 19.5. The Morgan fingerprint density at radius 3 is 2.43 bits per heavy atom. The molecule has 4 heteroatoms. The lowest BCUT2D eigenvalue weighted by Gasteiger charge is -2.43. The summed E-state index contributed by atoms with van der Waals surface area (Å²) in [6.07, 6.45) is 14.7. The summed E-state index contributed by atoms with van der Waals surface area (Å²) in [7, 11) is 0. The van der Waals surface area contributed by atoms with Crippen LogP contribution in [-0.2, 0) is 12.8 Å². The molecule has 2 bridgehead atoms. The molecule has 154 valence electrons. The van der Waals surface area contributed by atoms with Crippen molar-refractivity contribution in [1.29, 1.82) is 0 Å². The fourth-order valence-electron chi connectivity index (χ4n) is 6.96. The molecule has 28 heavy (non-hydrogen) atoms. The second kappa shape index (κ2) is 6.60. The number of rotatable bonds is 3. The highest BCUT2D eigenvalue weighted by atomic mass is 16.2. The Morgan fingerprint density at radius 2 is 1.79 bits per heavy atom. The van der Waals surface area contributed by atoms with Gasteiger partial charge in [-0.25, -0.2) is 0 Å². The van der Waals surface area contributed by atoms with E-state index in [2.05, 4.69) is 30.8 Å². The summed E-state index contributed by atoms with van der Waals surface area (Å²) in [6, 6.07) is 0.801. The van der Waals surface area contributed by atoms with Crippen molar-refractivity contribution in [2.24, 2.45) is 16.7 Å². The van der Waals surface area contributed by atoms with E-state index >= 15 is 0 Å². The Hall–Kier alpha value is -1.32. The largest absolute Gasteiger partial charge is 0.347 e. The first-order chi connectivity index (χ1) is 13.4. The van der Waals surface area contributed by atoms with Crippen molar-refractivity contribution in [2.75, 3.05) is 0 Å². The van der Waals surface area contributed by atoms with Gasteiger partial charge in [0.1, 0.15) is 0 Å². The average Bonchev–Trinajstić information content (AvgIpc) is 3.17. The maximum atomic E-state index is 13.5. The molecule has 0 spiro atoms. The van der Waals surface area contributed by atoms with Gasteiger partial charge >= 0.3 is 0 Å². The number of carbonyl (C=O) groups excluding carboxylic acids is 1. The predicted octanol–water partition coefficient (Wildman–Crippen LogP) is 5.21. The van der Waals surface area contributed by atoms with Gasteiger partial charge in [0, 0.05) is 17.3 Å². The molecule has 4 aliphatic carbocycles. The molecule has 1 amide bonds. The molecule has 3 fully saturated rings. The van der Waals surface area contributed by atoms with Crippen LogP contribution in [0, 0.1) is 16.7 Å². The third-order valence-corrected chi connectivity index (χ3v) is 8.89. The van der Waals surface area contributed by atoms with E-state index in [1.54, 1.807) is 0 Å². The quantitative estimate of drug-likeness (QED) is 0.778. The maximum absolute atomic E-state index is 13.5. The molecule has 4 aliphatic rings. The molecule has 1 N–H and O–H groups in total. The summed E-state index contributed by atoms with van der Waals surface area (Å²) in [5.41, 5.74) is 3.86. The highest BCUT2D eigenvalue weighted by Gasteiger charge is 2.59. The highest BCUT2D eigenvalue weighted by Crippen LogP contribution is 2.62. The molecular weight excluding hydrogens is 346 g/mol. The number of fused-ring (bicyclic) bond motifs is 3. The molecule has 0 aliphatic heterocycles. The van der Waals surface area contributed by atoms with Gasteiger partial charge in [-0.05, 0) is 81.0 Å². The van der Waals surface area contributed by atoms with Gasteiger partial charge in [-0.3, -0.25) is 9.48 Å². The monoisotopic (exact) mass is 383 g/mol. The van der Waals surface area contributed by atoms with Gasteiger partial charge in [-0.15, -0.1) is 0 Å². The summed E-state index contributed by atoms with van der Waals surface area (Å²) >= 11 is 0. The molecule has 0 aromatic carbocycles. The van der Waals surface area contributed by atoms with Gasteiger partial charge in [0.25, 0.3) is 5.91 Å². The van der Waals surface area contributed by atoms with Crippen LogP contribution in [0.2, 0.25) is 0 Å². The molecule has 1 aromatic rings. The summed E-state index contributed by atoms with van der Waals surface area (Å²) in [5.74, 6) is 0.845. The van der Waals surface area contributed by atoms with Crippen molar-refractivity contribution in [3.8, 4) is 0 Å². The van der Waals surface area contributed by atoms with E-state index in [4.69, 9.17) is 5.10 Å². The van der Waals surface area contributed by atoms with E-state index in [1.807, 2.05) is 0 Å². The zero-order valence-electron chi connectivity index (χ0n) is 18.0. The molecule has 3 saturated carbocycles. The van der Waals surface area contributed by atoms with Crippen molar-refractivity contribution < 1.29 is 4.79 Å². The van der Waals surface area contributed by atoms with Gasteiger partial charge in [-0.1, -0.05) is 33.6 Å². The third kappa shape index (κ3) is 2.77. The topological polar surface area (TPSA) is 46.9 Å². The molecule has 0 radical (unpaired) electrons. The number of nitrogens with zero attached hydrogens (tertiary/aromatic N) is 2. The van der Waals surface area contributed by atoms with Gasteiger partial charge in [0.15, 0.2) is 5.69 Å². The summed E-state index contributed by atoms with van der Waals surface area (Å²) in [4.78, 5) is 13.5. The number of amides is 1. The van der Waals surface area contributed by atoms with Crippen LogP contribution in [0.3, 0.4) is 0 Å². The third-order valence-electron chi connectivity index (χ3n) is 8.89. The van der Waals surface area contributed by atoms with Crippen LogP contribution >= 0.6 is 0 Å². The predicted molar refractivity (Wildman–Crippen MR) is 111 cm³/mol. The van der Waals surface area contributed by atoms with Crippen LogP contribution in [0.1, 0.15) is 113 Å². The first-order valence-corrected chi connectivity index (χ1v) is 11.8. The zero-order valence-corrected chi connectivity index (χ0v) is 18.0. The van der Waals surface area contributed by atoms with Crippen LogP contribution in [0.5, 0.6) is 0 Å². The van der Waals surface area contributed by atoms with Gasteiger partial charge in [0.05, 0.1) is 6.04 Å². The highest BCUT2D eigenvalue weighted by molar-refractivity contribution is 5.94. The van der Waals surface area contributed by atoms with E-state index in [-0.39, 0.29) is 22.8 Å². The first-order valence-electron chi connectivity index (χ1n) is 11.8. The summed E-state index contributed by atoms with van der Waals surface area (Å²) in [6.45, 7) is 7.12. The molecule has 3 unspecified atom stereocenters. The van der Waals surface area contributed by atoms with Gasteiger partial charge < -0.3 is 5.32 Å². The molecule has 1 aromatic heterocycles. The minimum Gasteiger partial charge on any atom is -0.347 e. The smallest absolute Gasteiger partial charge is 0.272 e. The summed E-state index contributed by atoms with van der Waals surface area (Å²) < 4.78 is 2.27. The lowest BCUT2D eigenvalue weighted by Crippen LogP contribution is -2.52. The number of nitrogens with one attached hydrogen (secondary N) is 1. The van der Waals surface area contributed by atoms with Crippen LogP contribution in [0.15, 0.2) is 0 Å². The molecule has 0 saturated heterocycles. The maximum Gasteiger partial charge on any atom is 0.272 e. The molecule has 4 nitrogen and oxygen atoms in total. The van der Waals surface area contributed by atoms with Crippen molar-refractivity contribution in [3.63, 3.8) is 0 Å². The number of hydrogen-bond acceptors (Lipinski definition) is 2. The van der Waals surface area contributed by atoms with Crippen molar-refractivity contribution >= 4 is 5.91 Å². The fraction of sp³-hybridized carbons (Fsp3) is 0.833. The summed E-state index contributed by atoms with van der Waals surface area (Å²) in [5, 5.41) is 8.49. The lowest BCUT2D eigenvalue weighted by atomic mass is 9.68. The fourth-order valence-corrected chi connectivity index (χ4v) is 6.96. The normalized spacial score (nSPS) is 34.4. The average molecular weight is 384 g/mol. The minimum absolute atomic E-state index is 0.0988. The number of aromatic nitrogens is 2. The van der Waals surface area contributed by atoms with Crippen LogP contribution in [0.25, 0.3) is 0 Å². The Bertz CT molecular complexity index is 770. The molecule has 5 rings (SSSR count). The second-order valence-electron chi connectivity index (χ2n) is 11.0. The van der Waals surface area contributed by atoms with Crippen molar-refractivity contribution in [2.45, 2.75) is 110 Å². The standard InChI is InChI=1S/C24H37N3O/c1-23(2)16-13-14-24(3,15-16)22(23)25-21(28)20-18-11-6-4-5-7-12-19(18)27(26-20)17-9-8-10-17/h16-17,22H,4-15H2,1-3H3,(H,25,28). The Labute approximate surface area is 169 Å². The number of hydrogen-bond donors (Lipinski definition) is 1. The Morgan fingerprint density at radius 1 is 1.04 bits per heavy atom. The van der Waals surface area contributed by atoms with Crippen LogP contribution in [0.4, 0.5) is 0 Å². The van der Waals surface area contributed by atoms with Crippen molar-refractivity contribution in [3.05, 3.63) is 17.0 Å². The van der Waals surface area contributed by atoms with E-state index in [9.17, 15) is 4.79 Å². The molecule has 1 heterocycles. The van der Waals surface area contributed by atoms with E-state index in [1.165, 1.54) is 75.5 Å².